The summed E-state index contributed by atoms with van der Waals surface area (Å²) in [6, 6.07) is 18.1. The van der Waals surface area contributed by atoms with Crippen LogP contribution in [0.2, 0.25) is 0 Å². The minimum atomic E-state index is 0.945. The van der Waals surface area contributed by atoms with Gasteiger partial charge in [0.1, 0.15) is 0 Å². The Bertz CT molecular complexity index is 813. The molecule has 0 spiro atoms. The van der Waals surface area contributed by atoms with Crippen molar-refractivity contribution in [1.29, 1.82) is 0 Å². The fourth-order valence-electron chi connectivity index (χ4n) is 2.03. The van der Waals surface area contributed by atoms with Crippen LogP contribution in [0.3, 0.4) is 0 Å². The quantitative estimate of drug-likeness (QED) is 0.623. The van der Waals surface area contributed by atoms with Crippen LogP contribution in [0, 0.1) is 23.7 Å². The molecular weight excluding hydrogens is 252 g/mol. The molecule has 0 amide bonds. The molecule has 0 unspecified atom stereocenters. The van der Waals surface area contributed by atoms with Gasteiger partial charge < -0.3 is 0 Å². The number of benzene rings is 2. The maximum absolute atomic E-state index is 3.20. The van der Waals surface area contributed by atoms with E-state index in [1.807, 2.05) is 60.7 Å². The van der Waals surface area contributed by atoms with Gasteiger partial charge in [-0.1, -0.05) is 66.2 Å². The van der Waals surface area contributed by atoms with Crippen LogP contribution in [0.4, 0.5) is 0 Å². The van der Waals surface area contributed by atoms with Crippen LogP contribution < -0.4 is 0 Å². The van der Waals surface area contributed by atoms with Crippen LogP contribution in [0.25, 0.3) is 0 Å². The number of rotatable bonds is 0. The highest BCUT2D eigenvalue weighted by atomic mass is 14.0. The van der Waals surface area contributed by atoms with Crippen molar-refractivity contribution in [2.75, 3.05) is 0 Å². The second kappa shape index (κ2) is 6.47. The van der Waals surface area contributed by atoms with Gasteiger partial charge in [-0.2, -0.15) is 0 Å². The lowest BCUT2D eigenvalue weighted by molar-refractivity contribution is 1.36. The Kier molecular flexibility index (Phi) is 4.02. The molecule has 0 heterocycles. The fourth-order valence-corrected chi connectivity index (χ4v) is 2.03. The highest BCUT2D eigenvalue weighted by Gasteiger charge is 1.94. The molecule has 1 aliphatic rings. The smallest absolute Gasteiger partial charge is 0.0261 e. The zero-order valence-electron chi connectivity index (χ0n) is 11.6. The molecular formula is C21H14. The van der Waals surface area contributed by atoms with Crippen molar-refractivity contribution < 1.29 is 0 Å². The predicted octanol–water partition coefficient (Wildman–Crippen LogP) is 4.32. The van der Waals surface area contributed by atoms with Gasteiger partial charge in [-0.05, 0) is 36.8 Å². The Morgan fingerprint density at radius 2 is 1.33 bits per heavy atom. The molecule has 0 aliphatic heterocycles. The topological polar surface area (TPSA) is 0 Å². The van der Waals surface area contributed by atoms with E-state index in [0.29, 0.717) is 0 Å². The molecule has 98 valence electrons. The van der Waals surface area contributed by atoms with E-state index < -0.39 is 0 Å². The first-order chi connectivity index (χ1) is 10.4. The van der Waals surface area contributed by atoms with Gasteiger partial charge >= 0.3 is 0 Å². The molecule has 0 radical (unpaired) electrons. The van der Waals surface area contributed by atoms with Crippen molar-refractivity contribution in [3.63, 3.8) is 0 Å². The summed E-state index contributed by atoms with van der Waals surface area (Å²) >= 11 is 0. The first-order valence-corrected chi connectivity index (χ1v) is 6.95. The largest absolute Gasteiger partial charge is 0.0794 e. The standard InChI is InChI=1S/C21H14/c1-2-7-18(8-3-1)13-15-20-11-6-12-21(17-20)16-14-19-9-4-5-10-19/h1-9,11-12,17H,10H2. The number of hydrogen-bond acceptors (Lipinski definition) is 0. The Labute approximate surface area is 125 Å². The molecule has 0 fully saturated rings. The normalized spacial score (nSPS) is 11.9. The van der Waals surface area contributed by atoms with Gasteiger partial charge in [0.05, 0.1) is 0 Å². The van der Waals surface area contributed by atoms with Crippen LogP contribution >= 0.6 is 0 Å². The molecule has 0 atom stereocenters. The van der Waals surface area contributed by atoms with E-state index in [2.05, 4.69) is 35.8 Å². The minimum absolute atomic E-state index is 0.945. The summed E-state index contributed by atoms with van der Waals surface area (Å²) in [7, 11) is 0. The third kappa shape index (κ3) is 3.75. The van der Waals surface area contributed by atoms with E-state index in [1.165, 1.54) is 0 Å². The number of allylic oxidation sites excluding steroid dienone is 4. The Morgan fingerprint density at radius 3 is 2.05 bits per heavy atom. The van der Waals surface area contributed by atoms with Crippen LogP contribution in [0.15, 0.2) is 78.4 Å². The summed E-state index contributed by atoms with van der Waals surface area (Å²) in [6.07, 6.45) is 7.17. The molecule has 2 aromatic rings. The summed E-state index contributed by atoms with van der Waals surface area (Å²) < 4.78 is 0. The van der Waals surface area contributed by atoms with E-state index >= 15 is 0 Å². The van der Waals surface area contributed by atoms with Gasteiger partial charge in [-0.15, -0.1) is 0 Å². The van der Waals surface area contributed by atoms with Gasteiger partial charge in [0.2, 0.25) is 0 Å². The molecule has 0 saturated heterocycles. The maximum atomic E-state index is 3.20. The zero-order chi connectivity index (χ0) is 14.3. The van der Waals surface area contributed by atoms with Crippen LogP contribution in [-0.4, -0.2) is 0 Å². The van der Waals surface area contributed by atoms with Gasteiger partial charge in [0, 0.05) is 22.3 Å². The van der Waals surface area contributed by atoms with Crippen molar-refractivity contribution in [3.05, 3.63) is 95.1 Å². The van der Waals surface area contributed by atoms with Gasteiger partial charge in [0.25, 0.3) is 0 Å². The molecule has 0 aromatic heterocycles. The van der Waals surface area contributed by atoms with Gasteiger partial charge in [-0.3, -0.25) is 0 Å². The minimum Gasteiger partial charge on any atom is -0.0794 e. The summed E-state index contributed by atoms with van der Waals surface area (Å²) in [5, 5.41) is 0. The summed E-state index contributed by atoms with van der Waals surface area (Å²) in [4.78, 5) is 0. The third-order valence-corrected chi connectivity index (χ3v) is 3.13. The van der Waals surface area contributed by atoms with Crippen LogP contribution in [0.5, 0.6) is 0 Å². The van der Waals surface area contributed by atoms with Crippen molar-refractivity contribution in [2.24, 2.45) is 0 Å². The van der Waals surface area contributed by atoms with E-state index in [9.17, 15) is 0 Å². The Morgan fingerprint density at radius 1 is 0.667 bits per heavy atom. The van der Waals surface area contributed by atoms with Gasteiger partial charge in [-0.25, -0.2) is 0 Å². The lowest BCUT2D eigenvalue weighted by atomic mass is 10.1. The SMILES string of the molecule is C(#Cc1cccc(C#Cc2ccccc2)c1)C1=CC=CC1. The lowest BCUT2D eigenvalue weighted by Gasteiger charge is -1.93. The van der Waals surface area contributed by atoms with Gasteiger partial charge in [0.15, 0.2) is 0 Å². The van der Waals surface area contributed by atoms with E-state index in [4.69, 9.17) is 0 Å². The van der Waals surface area contributed by atoms with Crippen molar-refractivity contribution in [1.82, 2.24) is 0 Å². The molecule has 0 saturated carbocycles. The molecule has 0 bridgehead atoms. The summed E-state index contributed by atoms with van der Waals surface area (Å²) in [6.45, 7) is 0. The second-order valence-electron chi connectivity index (χ2n) is 4.77. The second-order valence-corrected chi connectivity index (χ2v) is 4.77. The van der Waals surface area contributed by atoms with Crippen molar-refractivity contribution in [2.45, 2.75) is 6.42 Å². The van der Waals surface area contributed by atoms with Crippen LogP contribution in [0.1, 0.15) is 23.1 Å². The lowest BCUT2D eigenvalue weighted by Crippen LogP contribution is -1.80. The van der Waals surface area contributed by atoms with E-state index in [1.54, 1.807) is 0 Å². The molecule has 0 heteroatoms. The number of hydrogen-bond donors (Lipinski definition) is 0. The van der Waals surface area contributed by atoms with E-state index in [-0.39, 0.29) is 0 Å². The third-order valence-electron chi connectivity index (χ3n) is 3.13. The molecule has 3 rings (SSSR count). The summed E-state index contributed by atoms with van der Waals surface area (Å²) in [5.74, 6) is 12.7. The fraction of sp³-hybridized carbons (Fsp3) is 0.0476. The predicted molar refractivity (Wildman–Crippen MR) is 87.6 cm³/mol. The monoisotopic (exact) mass is 266 g/mol. The first-order valence-electron chi connectivity index (χ1n) is 6.95. The average molecular weight is 266 g/mol. The Hall–Kier alpha value is -2.96. The maximum Gasteiger partial charge on any atom is 0.0261 e. The molecule has 0 nitrogen and oxygen atoms in total. The van der Waals surface area contributed by atoms with Crippen molar-refractivity contribution in [3.8, 4) is 23.7 Å². The van der Waals surface area contributed by atoms with E-state index in [0.717, 1.165) is 28.7 Å². The summed E-state index contributed by atoms with van der Waals surface area (Å²) in [5.41, 5.74) is 4.18. The zero-order valence-corrected chi connectivity index (χ0v) is 11.6. The molecule has 0 N–H and O–H groups in total. The molecule has 21 heavy (non-hydrogen) atoms. The van der Waals surface area contributed by atoms with Crippen molar-refractivity contribution >= 4 is 0 Å². The molecule has 1 aliphatic carbocycles. The molecule has 2 aromatic carbocycles. The highest BCUT2D eigenvalue weighted by Crippen LogP contribution is 2.09. The highest BCUT2D eigenvalue weighted by molar-refractivity contribution is 5.49. The average Bonchev–Trinajstić information content (AvgIpc) is 3.06. The Balaban J connectivity index is 1.79. The van der Waals surface area contributed by atoms with Crippen LogP contribution in [-0.2, 0) is 0 Å². The first kappa shape index (κ1) is 13.0.